The van der Waals surface area contributed by atoms with Crippen LogP contribution in [-0.4, -0.2) is 58.6 Å². The number of nitrogens with zero attached hydrogens (tertiary/aromatic N) is 4. The first-order chi connectivity index (χ1) is 18.5. The molecule has 1 aliphatic rings. The average molecular weight is 519 g/mol. The Bertz CT molecular complexity index is 1460. The molecule has 2 unspecified atom stereocenters. The third-order valence-electron chi connectivity index (χ3n) is 6.55. The van der Waals surface area contributed by atoms with Crippen molar-refractivity contribution in [3.05, 3.63) is 76.9 Å². The van der Waals surface area contributed by atoms with Crippen LogP contribution in [0.3, 0.4) is 0 Å². The first kappa shape index (κ1) is 25.4. The quantitative estimate of drug-likeness (QED) is 0.186. The SMILES string of the molecule is COc1ncc(F)cc1CNc1ccc(Cc2c[nH]c3ncc(C(C=N)C=NC4CCNC4)cc23)c(F)n1. The molecule has 2 atom stereocenters. The maximum absolute atomic E-state index is 15.0. The summed E-state index contributed by atoms with van der Waals surface area (Å²) in [6.45, 7) is 1.98. The van der Waals surface area contributed by atoms with Crippen LogP contribution in [0.5, 0.6) is 5.88 Å². The van der Waals surface area contributed by atoms with Crippen LogP contribution in [0, 0.1) is 17.2 Å². The molecule has 0 spiro atoms. The van der Waals surface area contributed by atoms with Crippen LogP contribution in [0.1, 0.15) is 34.6 Å². The van der Waals surface area contributed by atoms with Crippen LogP contribution in [0.15, 0.2) is 47.8 Å². The molecule has 0 aliphatic carbocycles. The van der Waals surface area contributed by atoms with Crippen molar-refractivity contribution >= 4 is 29.3 Å². The number of aliphatic imine (C=N–C) groups is 1. The second kappa shape index (κ2) is 11.4. The van der Waals surface area contributed by atoms with E-state index in [4.69, 9.17) is 10.1 Å². The summed E-state index contributed by atoms with van der Waals surface area (Å²) in [7, 11) is 1.45. The summed E-state index contributed by atoms with van der Waals surface area (Å²) >= 11 is 0. The molecule has 196 valence electrons. The van der Waals surface area contributed by atoms with Crippen molar-refractivity contribution in [3.63, 3.8) is 0 Å². The predicted molar refractivity (Wildman–Crippen MR) is 142 cm³/mol. The molecular formula is C27H28F2N8O. The topological polar surface area (TPSA) is 124 Å². The van der Waals surface area contributed by atoms with Crippen LogP contribution in [-0.2, 0) is 13.0 Å². The number of fused-ring (bicyclic) bond motifs is 1. The molecule has 0 aromatic carbocycles. The maximum atomic E-state index is 15.0. The van der Waals surface area contributed by atoms with E-state index in [1.54, 1.807) is 18.3 Å². The highest BCUT2D eigenvalue weighted by Gasteiger charge is 2.16. The molecule has 4 aromatic heterocycles. The average Bonchev–Trinajstić information content (AvgIpc) is 3.59. The lowest BCUT2D eigenvalue weighted by Gasteiger charge is -2.11. The lowest BCUT2D eigenvalue weighted by atomic mass is 10.00. The minimum Gasteiger partial charge on any atom is -0.481 e. The lowest BCUT2D eigenvalue weighted by Crippen LogP contribution is -2.12. The highest BCUT2D eigenvalue weighted by atomic mass is 19.1. The van der Waals surface area contributed by atoms with Crippen molar-refractivity contribution in [1.29, 1.82) is 5.41 Å². The number of rotatable bonds is 10. The Kier molecular flexibility index (Phi) is 7.64. The van der Waals surface area contributed by atoms with Crippen molar-refractivity contribution < 1.29 is 13.5 Å². The number of hydrogen-bond acceptors (Lipinski definition) is 8. The number of aromatic amines is 1. The first-order valence-electron chi connectivity index (χ1n) is 12.3. The Morgan fingerprint density at radius 1 is 1.21 bits per heavy atom. The standard InChI is InChI=1S/C27H28F2N8O/c1-38-27-19(7-21(28)14-36-27)12-33-24-3-2-16(25(29)37-24)6-18-11-35-26-23(18)8-17(10-34-26)20(9-30)13-32-22-4-5-31-15-22/h2-3,7-11,13-14,20,22,30-31H,4-6,12,15H2,1H3,(H,33,37)(H,34,35). The van der Waals surface area contributed by atoms with Crippen molar-refractivity contribution in [2.24, 2.45) is 4.99 Å². The number of nitrogens with one attached hydrogen (secondary N) is 4. The number of H-pyrrole nitrogens is 1. The molecule has 4 N–H and O–H groups in total. The number of hydrogen-bond donors (Lipinski definition) is 4. The Morgan fingerprint density at radius 2 is 2.11 bits per heavy atom. The van der Waals surface area contributed by atoms with Gasteiger partial charge in [0, 0.05) is 60.8 Å². The van der Waals surface area contributed by atoms with E-state index < -0.39 is 11.8 Å². The van der Waals surface area contributed by atoms with Crippen molar-refractivity contribution in [3.8, 4) is 5.88 Å². The van der Waals surface area contributed by atoms with Crippen LogP contribution < -0.4 is 15.4 Å². The largest absolute Gasteiger partial charge is 0.481 e. The number of methoxy groups -OCH3 is 1. The maximum Gasteiger partial charge on any atom is 0.218 e. The van der Waals surface area contributed by atoms with Gasteiger partial charge in [0.25, 0.3) is 0 Å². The summed E-state index contributed by atoms with van der Waals surface area (Å²) in [5, 5.41) is 15.0. The number of aromatic nitrogens is 4. The van der Waals surface area contributed by atoms with Gasteiger partial charge in [-0.15, -0.1) is 0 Å². The minimum absolute atomic E-state index is 0.172. The third kappa shape index (κ3) is 5.67. The van der Waals surface area contributed by atoms with E-state index in [1.807, 2.05) is 18.5 Å². The van der Waals surface area contributed by atoms with Gasteiger partial charge >= 0.3 is 0 Å². The van der Waals surface area contributed by atoms with Gasteiger partial charge in [-0.25, -0.2) is 19.3 Å². The second-order valence-corrected chi connectivity index (χ2v) is 9.11. The molecule has 11 heteroatoms. The van der Waals surface area contributed by atoms with Crippen LogP contribution in [0.25, 0.3) is 11.0 Å². The molecule has 0 amide bonds. The zero-order valence-corrected chi connectivity index (χ0v) is 20.8. The van der Waals surface area contributed by atoms with Gasteiger partial charge in [0.05, 0.1) is 25.3 Å². The Labute approximate surface area is 218 Å². The van der Waals surface area contributed by atoms with Gasteiger partial charge < -0.3 is 25.8 Å². The fourth-order valence-corrected chi connectivity index (χ4v) is 4.47. The molecular weight excluding hydrogens is 490 g/mol. The van der Waals surface area contributed by atoms with Crippen LogP contribution in [0.4, 0.5) is 14.6 Å². The van der Waals surface area contributed by atoms with Crippen molar-refractivity contribution in [2.75, 3.05) is 25.5 Å². The number of pyridine rings is 3. The highest BCUT2D eigenvalue weighted by molar-refractivity contribution is 5.91. The summed E-state index contributed by atoms with van der Waals surface area (Å²) < 4.78 is 33.7. The van der Waals surface area contributed by atoms with Gasteiger partial charge in [-0.1, -0.05) is 6.07 Å². The van der Waals surface area contributed by atoms with Crippen molar-refractivity contribution in [1.82, 2.24) is 25.3 Å². The molecule has 9 nitrogen and oxygen atoms in total. The molecule has 1 aliphatic heterocycles. The normalized spacial score (nSPS) is 16.2. The van der Waals surface area contributed by atoms with E-state index in [9.17, 15) is 8.78 Å². The van der Waals surface area contributed by atoms with Gasteiger partial charge in [0.15, 0.2) is 0 Å². The molecule has 38 heavy (non-hydrogen) atoms. The molecule has 0 radical (unpaired) electrons. The van der Waals surface area contributed by atoms with E-state index in [2.05, 4.69) is 35.6 Å². The van der Waals surface area contributed by atoms with E-state index >= 15 is 0 Å². The van der Waals surface area contributed by atoms with E-state index in [0.29, 0.717) is 29.0 Å². The molecule has 1 fully saturated rings. The van der Waals surface area contributed by atoms with Crippen molar-refractivity contribution in [2.45, 2.75) is 31.3 Å². The van der Waals surface area contributed by atoms with Crippen LogP contribution in [0.2, 0.25) is 0 Å². The summed E-state index contributed by atoms with van der Waals surface area (Å²) in [5.41, 5.74) is 3.32. The van der Waals surface area contributed by atoms with Gasteiger partial charge in [0.2, 0.25) is 11.8 Å². The molecule has 5 heterocycles. The summed E-state index contributed by atoms with van der Waals surface area (Å²) in [6.07, 6.45) is 9.09. The third-order valence-corrected chi connectivity index (χ3v) is 6.55. The van der Waals surface area contributed by atoms with Gasteiger partial charge in [-0.3, -0.25) is 4.99 Å². The predicted octanol–water partition coefficient (Wildman–Crippen LogP) is 4.01. The molecule has 0 bridgehead atoms. The molecule has 5 rings (SSSR count). The zero-order chi connectivity index (χ0) is 26.5. The van der Waals surface area contributed by atoms with E-state index in [0.717, 1.165) is 42.2 Å². The lowest BCUT2D eigenvalue weighted by molar-refractivity contribution is 0.391. The number of ether oxygens (including phenoxy) is 1. The highest BCUT2D eigenvalue weighted by Crippen LogP contribution is 2.25. The summed E-state index contributed by atoms with van der Waals surface area (Å²) in [6, 6.07) is 6.87. The van der Waals surface area contributed by atoms with Gasteiger partial charge in [-0.05, 0) is 42.3 Å². The summed E-state index contributed by atoms with van der Waals surface area (Å²) in [4.78, 5) is 20.2. The molecule has 4 aromatic rings. The minimum atomic E-state index is -0.604. The van der Waals surface area contributed by atoms with E-state index in [-0.39, 0.29) is 24.4 Å². The van der Waals surface area contributed by atoms with E-state index in [1.165, 1.54) is 19.4 Å². The molecule has 1 saturated heterocycles. The zero-order valence-electron chi connectivity index (χ0n) is 20.8. The monoisotopic (exact) mass is 518 g/mol. The summed E-state index contributed by atoms with van der Waals surface area (Å²) in [5.74, 6) is -0.779. The fourth-order valence-electron chi connectivity index (χ4n) is 4.47. The van der Waals surface area contributed by atoms with Crippen LogP contribution >= 0.6 is 0 Å². The second-order valence-electron chi connectivity index (χ2n) is 9.11. The number of halogens is 2. The smallest absolute Gasteiger partial charge is 0.218 e. The van der Waals surface area contributed by atoms with Gasteiger partial charge in [-0.2, -0.15) is 4.39 Å². The Balaban J connectivity index is 1.31. The Hall–Kier alpha value is -4.25. The fraction of sp³-hybridized carbons (Fsp3) is 0.296. The van der Waals surface area contributed by atoms with Gasteiger partial charge in [0.1, 0.15) is 17.3 Å². The number of anilines is 1. The Morgan fingerprint density at radius 3 is 2.87 bits per heavy atom. The first-order valence-corrected chi connectivity index (χ1v) is 12.3. The molecule has 0 saturated carbocycles.